The van der Waals surface area contributed by atoms with Crippen LogP contribution in [-0.2, 0) is 16.8 Å². The highest BCUT2D eigenvalue weighted by atomic mass is 32.3. The van der Waals surface area contributed by atoms with Crippen LogP contribution in [0.25, 0.3) is 6.08 Å². The van der Waals surface area contributed by atoms with Gasteiger partial charge in [0.25, 0.3) is 0 Å². The molecule has 0 radical (unpaired) electrons. The van der Waals surface area contributed by atoms with Crippen LogP contribution in [0.4, 0.5) is 0 Å². The van der Waals surface area contributed by atoms with Gasteiger partial charge >= 0.3 is 10.4 Å². The SMILES string of the molecule is O=S(=O)(O)Oc1ccccc1CC=Cc1ccccc1. The zero-order valence-electron chi connectivity index (χ0n) is 10.6. The molecule has 0 aliphatic heterocycles. The van der Waals surface area contributed by atoms with Crippen LogP contribution in [0.2, 0.25) is 0 Å². The second kappa shape index (κ2) is 6.36. The lowest BCUT2D eigenvalue weighted by Crippen LogP contribution is -2.08. The van der Waals surface area contributed by atoms with Gasteiger partial charge in [-0.2, -0.15) is 8.42 Å². The molecule has 1 N–H and O–H groups in total. The van der Waals surface area contributed by atoms with E-state index in [1.807, 2.05) is 42.5 Å². The largest absolute Gasteiger partial charge is 0.446 e. The first-order valence-electron chi connectivity index (χ1n) is 6.01. The van der Waals surface area contributed by atoms with Gasteiger partial charge in [0, 0.05) is 0 Å². The van der Waals surface area contributed by atoms with Gasteiger partial charge in [0.2, 0.25) is 0 Å². The van der Waals surface area contributed by atoms with Crippen molar-refractivity contribution < 1.29 is 17.2 Å². The van der Waals surface area contributed by atoms with Crippen LogP contribution in [0.1, 0.15) is 11.1 Å². The minimum absolute atomic E-state index is 0.132. The van der Waals surface area contributed by atoms with Crippen LogP contribution in [0.15, 0.2) is 60.7 Å². The summed E-state index contributed by atoms with van der Waals surface area (Å²) in [7, 11) is -4.50. The fourth-order valence-corrected chi connectivity index (χ4v) is 2.14. The smallest absolute Gasteiger partial charge is 0.362 e. The first-order chi connectivity index (χ1) is 9.54. The van der Waals surface area contributed by atoms with Crippen molar-refractivity contribution in [1.29, 1.82) is 0 Å². The molecule has 0 fully saturated rings. The third kappa shape index (κ3) is 4.53. The molecule has 0 spiro atoms. The van der Waals surface area contributed by atoms with Crippen molar-refractivity contribution in [3.8, 4) is 5.75 Å². The molecule has 0 aliphatic rings. The maximum Gasteiger partial charge on any atom is 0.446 e. The van der Waals surface area contributed by atoms with Crippen LogP contribution in [0.5, 0.6) is 5.75 Å². The monoisotopic (exact) mass is 290 g/mol. The minimum atomic E-state index is -4.50. The van der Waals surface area contributed by atoms with Crippen LogP contribution in [0, 0.1) is 0 Å². The Labute approximate surface area is 118 Å². The Hall–Kier alpha value is -2.11. The van der Waals surface area contributed by atoms with Crippen LogP contribution >= 0.6 is 0 Å². The van der Waals surface area contributed by atoms with Crippen LogP contribution < -0.4 is 4.18 Å². The highest BCUT2D eigenvalue weighted by Crippen LogP contribution is 2.20. The van der Waals surface area contributed by atoms with E-state index in [0.29, 0.717) is 12.0 Å². The average molecular weight is 290 g/mol. The Bertz CT molecular complexity index is 691. The van der Waals surface area contributed by atoms with Gasteiger partial charge in [0.05, 0.1) is 0 Å². The normalized spacial score (nSPS) is 11.7. The molecule has 0 unspecified atom stereocenters. The predicted octanol–water partition coefficient (Wildman–Crippen LogP) is 3.12. The van der Waals surface area contributed by atoms with Gasteiger partial charge in [-0.05, 0) is 23.6 Å². The molecule has 5 heteroatoms. The summed E-state index contributed by atoms with van der Waals surface area (Å²) in [4.78, 5) is 0. The molecule has 0 saturated carbocycles. The second-order valence-corrected chi connectivity index (χ2v) is 5.16. The van der Waals surface area contributed by atoms with Gasteiger partial charge < -0.3 is 4.18 Å². The minimum Gasteiger partial charge on any atom is -0.362 e. The third-order valence-electron chi connectivity index (χ3n) is 2.62. The summed E-state index contributed by atoms with van der Waals surface area (Å²) in [6, 6.07) is 16.4. The number of hydrogen-bond donors (Lipinski definition) is 1. The summed E-state index contributed by atoms with van der Waals surface area (Å²) in [6.07, 6.45) is 4.34. The summed E-state index contributed by atoms with van der Waals surface area (Å²) in [5.74, 6) is 0.132. The lowest BCUT2D eigenvalue weighted by Gasteiger charge is -2.06. The molecule has 0 amide bonds. The van der Waals surface area contributed by atoms with Gasteiger partial charge in [0.1, 0.15) is 5.75 Å². The van der Waals surface area contributed by atoms with Crippen molar-refractivity contribution >= 4 is 16.5 Å². The fourth-order valence-electron chi connectivity index (χ4n) is 1.75. The lowest BCUT2D eigenvalue weighted by atomic mass is 10.1. The summed E-state index contributed by atoms with van der Waals surface area (Å²) < 4.78 is 34.8. The number of benzene rings is 2. The molecular formula is C15H14O4S. The fraction of sp³-hybridized carbons (Fsp3) is 0.0667. The Morgan fingerprint density at radius 1 is 1.00 bits per heavy atom. The third-order valence-corrected chi connectivity index (χ3v) is 3.01. The van der Waals surface area contributed by atoms with E-state index in [0.717, 1.165) is 5.56 Å². The van der Waals surface area contributed by atoms with E-state index in [9.17, 15) is 8.42 Å². The topological polar surface area (TPSA) is 63.6 Å². The Morgan fingerprint density at radius 3 is 2.35 bits per heavy atom. The van der Waals surface area contributed by atoms with Crippen molar-refractivity contribution in [1.82, 2.24) is 0 Å². The molecule has 0 atom stereocenters. The van der Waals surface area contributed by atoms with Gasteiger partial charge in [-0.15, -0.1) is 0 Å². The average Bonchev–Trinajstić information content (AvgIpc) is 2.40. The van der Waals surface area contributed by atoms with Crippen molar-refractivity contribution in [2.75, 3.05) is 0 Å². The van der Waals surface area contributed by atoms with Gasteiger partial charge in [-0.25, -0.2) is 0 Å². The van der Waals surface area contributed by atoms with Crippen molar-refractivity contribution in [3.05, 3.63) is 71.8 Å². The molecule has 0 heterocycles. The quantitative estimate of drug-likeness (QED) is 0.859. The van der Waals surface area contributed by atoms with Crippen LogP contribution in [0.3, 0.4) is 0 Å². The summed E-state index contributed by atoms with van der Waals surface area (Å²) in [5.41, 5.74) is 1.73. The highest BCUT2D eigenvalue weighted by Gasteiger charge is 2.09. The molecule has 4 nitrogen and oxygen atoms in total. The van der Waals surface area contributed by atoms with E-state index in [1.165, 1.54) is 6.07 Å². The Balaban J connectivity index is 2.12. The van der Waals surface area contributed by atoms with Gasteiger partial charge in [-0.1, -0.05) is 60.7 Å². The number of rotatable bonds is 5. The van der Waals surface area contributed by atoms with Crippen molar-refractivity contribution in [2.24, 2.45) is 0 Å². The molecular weight excluding hydrogens is 276 g/mol. The molecule has 0 bridgehead atoms. The van der Waals surface area contributed by atoms with Crippen molar-refractivity contribution in [3.63, 3.8) is 0 Å². The van der Waals surface area contributed by atoms with E-state index in [1.54, 1.807) is 18.2 Å². The molecule has 0 aromatic heterocycles. The second-order valence-electron chi connectivity index (χ2n) is 4.14. The Kier molecular flexibility index (Phi) is 4.55. The molecule has 0 saturated heterocycles. The summed E-state index contributed by atoms with van der Waals surface area (Å²) in [6.45, 7) is 0. The zero-order chi connectivity index (χ0) is 14.4. The Morgan fingerprint density at radius 2 is 1.65 bits per heavy atom. The molecule has 2 aromatic rings. The summed E-state index contributed by atoms with van der Waals surface area (Å²) in [5, 5.41) is 0. The molecule has 0 aliphatic carbocycles. The highest BCUT2D eigenvalue weighted by molar-refractivity contribution is 7.81. The van der Waals surface area contributed by atoms with Gasteiger partial charge in [-0.3, -0.25) is 4.55 Å². The van der Waals surface area contributed by atoms with E-state index in [4.69, 9.17) is 4.55 Å². The number of allylic oxidation sites excluding steroid dienone is 1. The van der Waals surface area contributed by atoms with Gasteiger partial charge in [0.15, 0.2) is 0 Å². The maximum atomic E-state index is 10.8. The number of hydrogen-bond acceptors (Lipinski definition) is 3. The summed E-state index contributed by atoms with van der Waals surface area (Å²) >= 11 is 0. The van der Waals surface area contributed by atoms with E-state index < -0.39 is 10.4 Å². The molecule has 20 heavy (non-hydrogen) atoms. The first-order valence-corrected chi connectivity index (χ1v) is 7.37. The molecule has 2 aromatic carbocycles. The molecule has 2 rings (SSSR count). The van der Waals surface area contributed by atoms with E-state index in [-0.39, 0.29) is 5.75 Å². The number of para-hydroxylation sites is 1. The standard InChI is InChI=1S/C15H14O4S/c16-20(17,18)19-15-12-5-4-10-14(15)11-6-9-13-7-2-1-3-8-13/h1-10,12H,11H2,(H,16,17,18). The van der Waals surface area contributed by atoms with E-state index in [2.05, 4.69) is 4.18 Å². The van der Waals surface area contributed by atoms with Crippen LogP contribution in [-0.4, -0.2) is 13.0 Å². The molecule has 104 valence electrons. The van der Waals surface area contributed by atoms with Crippen molar-refractivity contribution in [2.45, 2.75) is 6.42 Å². The predicted molar refractivity (Wildman–Crippen MR) is 77.8 cm³/mol. The maximum absolute atomic E-state index is 10.8. The first kappa shape index (κ1) is 14.3. The van der Waals surface area contributed by atoms with E-state index >= 15 is 0 Å². The zero-order valence-corrected chi connectivity index (χ0v) is 11.5. The lowest BCUT2D eigenvalue weighted by molar-refractivity contribution is 0.385.